The van der Waals surface area contributed by atoms with Gasteiger partial charge >= 0.3 is 6.03 Å². The van der Waals surface area contributed by atoms with Crippen LogP contribution in [0.1, 0.15) is 25.0 Å². The topological polar surface area (TPSA) is 108 Å². The van der Waals surface area contributed by atoms with E-state index in [0.29, 0.717) is 16.5 Å². The number of nitrogens with one attached hydrogen (secondary N) is 4. The van der Waals surface area contributed by atoms with Crippen molar-refractivity contribution in [3.8, 4) is 11.6 Å². The van der Waals surface area contributed by atoms with Gasteiger partial charge in [-0.25, -0.2) is 9.78 Å². The smallest absolute Gasteiger partial charge is 0.326 e. The van der Waals surface area contributed by atoms with Crippen molar-refractivity contribution in [3.05, 3.63) is 58.8 Å². The summed E-state index contributed by atoms with van der Waals surface area (Å²) in [7, 11) is 0. The summed E-state index contributed by atoms with van der Waals surface area (Å²) < 4.78 is 5.88. The fraction of sp³-hybridized carbons (Fsp3) is 0.423. The first-order chi connectivity index (χ1) is 17.6. The number of ether oxygens (including phenoxy) is 1. The molecule has 4 aliphatic rings. The molecule has 3 unspecified atom stereocenters. The van der Waals surface area contributed by atoms with Crippen LogP contribution in [0.5, 0.6) is 11.6 Å². The van der Waals surface area contributed by atoms with Gasteiger partial charge in [0, 0.05) is 30.3 Å². The number of nitrogens with zero attached hydrogens (tertiary/aromatic N) is 2. The maximum atomic E-state index is 13.5. The van der Waals surface area contributed by atoms with E-state index in [1.54, 1.807) is 6.07 Å². The Balaban J connectivity index is 1.25. The zero-order valence-electron chi connectivity index (χ0n) is 20.1. The monoisotopic (exact) mass is 506 g/mol. The zero-order chi connectivity index (χ0) is 24.6. The number of pyridine rings is 1. The molecule has 4 N–H and O–H groups in total. The van der Waals surface area contributed by atoms with Gasteiger partial charge in [-0.05, 0) is 57.5 Å². The minimum Gasteiger partial charge on any atom is -0.439 e. The highest BCUT2D eigenvalue weighted by Crippen LogP contribution is 2.48. The van der Waals surface area contributed by atoms with E-state index in [1.165, 1.54) is 11.8 Å². The highest BCUT2D eigenvalue weighted by molar-refractivity contribution is 8.04. The minimum absolute atomic E-state index is 0.00586. The van der Waals surface area contributed by atoms with Crippen molar-refractivity contribution >= 4 is 29.4 Å². The lowest BCUT2D eigenvalue weighted by molar-refractivity contribution is -0.117. The molecule has 3 fully saturated rings. The molecule has 9 nitrogen and oxygen atoms in total. The quantitative estimate of drug-likeness (QED) is 0.494. The van der Waals surface area contributed by atoms with Gasteiger partial charge in [0.05, 0.1) is 27.7 Å². The first kappa shape index (κ1) is 23.3. The van der Waals surface area contributed by atoms with E-state index in [2.05, 4.69) is 26.3 Å². The van der Waals surface area contributed by atoms with Crippen LogP contribution in [0.4, 0.5) is 10.5 Å². The maximum absolute atomic E-state index is 13.5. The Labute approximate surface area is 214 Å². The molecule has 0 radical (unpaired) electrons. The van der Waals surface area contributed by atoms with Crippen LogP contribution in [-0.2, 0) is 4.79 Å². The Bertz CT molecular complexity index is 1200. The fourth-order valence-corrected chi connectivity index (χ4v) is 6.98. The molecule has 6 rings (SSSR count). The van der Waals surface area contributed by atoms with Gasteiger partial charge in [-0.2, -0.15) is 0 Å². The van der Waals surface area contributed by atoms with E-state index in [0.717, 1.165) is 56.0 Å². The normalized spacial score (nSPS) is 27.4. The molecule has 1 aromatic heterocycles. The molecule has 4 atom stereocenters. The van der Waals surface area contributed by atoms with E-state index >= 15 is 0 Å². The third-order valence-corrected chi connectivity index (χ3v) is 8.59. The van der Waals surface area contributed by atoms with E-state index in [1.807, 2.05) is 48.2 Å². The molecule has 3 saturated heterocycles. The number of anilines is 1. The number of thioether (sulfide) groups is 1. The third-order valence-electron chi connectivity index (χ3n) is 7.24. The van der Waals surface area contributed by atoms with Crippen LogP contribution in [-0.4, -0.2) is 54.0 Å². The number of hydrogen-bond acceptors (Lipinski definition) is 7. The standard InChI is InChI=1S/C26H30N6O3S/c1-15-18(9-10-20(29-15)35-17-7-3-2-4-8-17)32-19-11-13-28-25-21(19)22(31-26(32)34)23(36-25)24(33)30-16-6-5-12-27-14-16/h2-4,7-10,16,19,21,25,27-28H,5-6,11-14H2,1H3,(H,30,33)(H,31,34)/t16-,19?,21?,25?/m1/s1. The predicted molar refractivity (Wildman–Crippen MR) is 139 cm³/mol. The number of urea groups is 1. The first-order valence-electron chi connectivity index (χ1n) is 12.5. The lowest BCUT2D eigenvalue weighted by Gasteiger charge is -2.46. The summed E-state index contributed by atoms with van der Waals surface area (Å²) in [6, 6.07) is 13.0. The SMILES string of the molecule is Cc1nc(Oc2ccccc2)ccc1N1C(=O)NC2=C(C(=O)N[C@@H]3CCCNC3)SC3NCCC1C23. The van der Waals surface area contributed by atoms with E-state index < -0.39 is 0 Å². The number of para-hydroxylation sites is 1. The molecule has 4 aliphatic heterocycles. The molecule has 0 saturated carbocycles. The average Bonchev–Trinajstić information content (AvgIpc) is 3.26. The summed E-state index contributed by atoms with van der Waals surface area (Å²) in [5.41, 5.74) is 2.22. The van der Waals surface area contributed by atoms with Crippen LogP contribution in [0, 0.1) is 12.8 Å². The molecule has 5 heterocycles. The van der Waals surface area contributed by atoms with E-state index in [9.17, 15) is 9.59 Å². The third kappa shape index (κ3) is 4.33. The van der Waals surface area contributed by atoms with Gasteiger partial charge in [0.15, 0.2) is 0 Å². The molecule has 0 bridgehead atoms. The van der Waals surface area contributed by atoms with Gasteiger partial charge in [-0.1, -0.05) is 30.0 Å². The molecular weight excluding hydrogens is 476 g/mol. The predicted octanol–water partition coefficient (Wildman–Crippen LogP) is 2.84. The number of carbonyl (C=O) groups excluding carboxylic acids is 2. The minimum atomic E-state index is -0.222. The van der Waals surface area contributed by atoms with Crippen molar-refractivity contribution in [1.82, 2.24) is 26.3 Å². The second-order valence-corrected chi connectivity index (χ2v) is 10.8. The number of carbonyl (C=O) groups is 2. The van der Waals surface area contributed by atoms with Crippen molar-refractivity contribution in [2.45, 2.75) is 43.6 Å². The van der Waals surface area contributed by atoms with Crippen LogP contribution in [0.15, 0.2) is 53.1 Å². The van der Waals surface area contributed by atoms with Gasteiger partial charge < -0.3 is 26.0 Å². The summed E-state index contributed by atoms with van der Waals surface area (Å²) in [5, 5.41) is 13.2. The van der Waals surface area contributed by atoms with Crippen LogP contribution >= 0.6 is 11.8 Å². The summed E-state index contributed by atoms with van der Waals surface area (Å²) >= 11 is 1.53. The molecule has 10 heteroatoms. The van der Waals surface area contributed by atoms with Crippen molar-refractivity contribution in [2.75, 3.05) is 24.5 Å². The van der Waals surface area contributed by atoms with Gasteiger partial charge in [-0.3, -0.25) is 9.69 Å². The van der Waals surface area contributed by atoms with Crippen molar-refractivity contribution in [1.29, 1.82) is 0 Å². The number of hydrogen-bond donors (Lipinski definition) is 4. The fourth-order valence-electron chi connectivity index (χ4n) is 5.58. The highest BCUT2D eigenvalue weighted by Gasteiger charge is 2.52. The number of amides is 3. The van der Waals surface area contributed by atoms with Crippen molar-refractivity contribution < 1.29 is 14.3 Å². The van der Waals surface area contributed by atoms with Crippen LogP contribution in [0.2, 0.25) is 0 Å². The largest absolute Gasteiger partial charge is 0.439 e. The number of aromatic nitrogens is 1. The molecule has 2 aromatic rings. The Morgan fingerprint density at radius 1 is 1.17 bits per heavy atom. The molecule has 36 heavy (non-hydrogen) atoms. The van der Waals surface area contributed by atoms with Gasteiger partial charge in [0.2, 0.25) is 5.88 Å². The molecule has 0 spiro atoms. The first-order valence-corrected chi connectivity index (χ1v) is 13.4. The maximum Gasteiger partial charge on any atom is 0.326 e. The number of piperidine rings is 2. The Kier molecular flexibility index (Phi) is 6.32. The van der Waals surface area contributed by atoms with Crippen molar-refractivity contribution in [2.24, 2.45) is 5.92 Å². The Morgan fingerprint density at radius 2 is 2.03 bits per heavy atom. The number of aryl methyl sites for hydroxylation is 1. The zero-order valence-corrected chi connectivity index (χ0v) is 20.9. The molecule has 3 amide bonds. The molecule has 1 aromatic carbocycles. The lowest BCUT2D eigenvalue weighted by atomic mass is 9.86. The van der Waals surface area contributed by atoms with Crippen LogP contribution in [0.25, 0.3) is 0 Å². The number of benzene rings is 1. The second kappa shape index (κ2) is 9.76. The summed E-state index contributed by atoms with van der Waals surface area (Å²) in [6.45, 7) is 4.44. The van der Waals surface area contributed by atoms with Crippen LogP contribution < -0.4 is 30.9 Å². The Hall–Kier alpha value is -3.08. The van der Waals surface area contributed by atoms with Gasteiger partial charge in [-0.15, -0.1) is 0 Å². The average molecular weight is 507 g/mol. The van der Waals surface area contributed by atoms with E-state index in [-0.39, 0.29) is 35.3 Å². The van der Waals surface area contributed by atoms with Crippen molar-refractivity contribution in [3.63, 3.8) is 0 Å². The van der Waals surface area contributed by atoms with Gasteiger partial charge in [0.1, 0.15) is 5.75 Å². The summed E-state index contributed by atoms with van der Waals surface area (Å²) in [5.74, 6) is 1.11. The summed E-state index contributed by atoms with van der Waals surface area (Å²) in [4.78, 5) is 33.8. The Morgan fingerprint density at radius 3 is 2.81 bits per heavy atom. The lowest BCUT2D eigenvalue weighted by Crippen LogP contribution is -2.62. The molecular formula is C26H30N6O3S. The second-order valence-electron chi connectivity index (χ2n) is 9.60. The van der Waals surface area contributed by atoms with Gasteiger partial charge in [0.25, 0.3) is 5.91 Å². The molecule has 0 aliphatic carbocycles. The van der Waals surface area contributed by atoms with E-state index in [4.69, 9.17) is 4.74 Å². The molecule has 188 valence electrons. The van der Waals surface area contributed by atoms with Crippen LogP contribution in [0.3, 0.4) is 0 Å². The highest BCUT2D eigenvalue weighted by atomic mass is 32.2. The number of rotatable bonds is 5. The summed E-state index contributed by atoms with van der Waals surface area (Å²) in [6.07, 6.45) is 2.81.